The number of nitrogens with two attached hydrogens (primary N) is 2. The zero-order valence-electron chi connectivity index (χ0n) is 8.81. The monoisotopic (exact) mass is 317 g/mol. The third-order valence-corrected chi connectivity index (χ3v) is 1.31. The van der Waals surface area contributed by atoms with Gasteiger partial charge in [0.2, 0.25) is 0 Å². The molecular weight excluding hydrogens is 301 g/mol. The number of aliphatic carboxylic acids is 1. The molecule has 0 aromatic heterocycles. The Kier molecular flexibility index (Phi) is 9.71. The SMILES string of the molecule is NC(=O)NCCC[C@H](N)C(=O)O.O=[As](O)(O)O. The first-order valence-corrected chi connectivity index (χ1v) is 7.62. The van der Waals surface area contributed by atoms with Crippen LogP contribution in [-0.2, 0) is 8.53 Å². The predicted octanol–water partition coefficient (Wildman–Crippen LogP) is -3.32. The number of nitrogens with one attached hydrogen (secondary N) is 1. The first-order valence-electron chi connectivity index (χ1n) is 4.34. The van der Waals surface area contributed by atoms with Gasteiger partial charge in [0, 0.05) is 6.54 Å². The van der Waals surface area contributed by atoms with Gasteiger partial charge in [-0.15, -0.1) is 0 Å². The van der Waals surface area contributed by atoms with Crippen molar-refractivity contribution in [3.8, 4) is 0 Å². The Morgan fingerprint density at radius 2 is 1.71 bits per heavy atom. The van der Waals surface area contributed by atoms with Gasteiger partial charge in [0.1, 0.15) is 6.04 Å². The Balaban J connectivity index is 0. The molecule has 1 atom stereocenters. The summed E-state index contributed by atoms with van der Waals surface area (Å²) in [6.07, 6.45) is 0.839. The number of primary amides is 1. The van der Waals surface area contributed by atoms with Crippen LogP contribution >= 0.6 is 0 Å². The summed E-state index contributed by atoms with van der Waals surface area (Å²) in [6.45, 7) is 0.357. The normalized spacial score (nSPS) is 12.0. The molecule has 0 aromatic carbocycles. The third kappa shape index (κ3) is 25.3. The van der Waals surface area contributed by atoms with E-state index in [-0.39, 0.29) is 0 Å². The topological polar surface area (TPSA) is 196 Å². The molecule has 17 heavy (non-hydrogen) atoms. The van der Waals surface area contributed by atoms with E-state index in [1.165, 1.54) is 0 Å². The van der Waals surface area contributed by atoms with E-state index in [0.29, 0.717) is 19.4 Å². The van der Waals surface area contributed by atoms with E-state index in [4.69, 9.17) is 32.6 Å². The summed E-state index contributed by atoms with van der Waals surface area (Å²) in [7, 11) is 0. The Bertz CT molecular complexity index is 283. The van der Waals surface area contributed by atoms with Crippen molar-refractivity contribution in [2.45, 2.75) is 18.9 Å². The Morgan fingerprint density at radius 1 is 1.29 bits per heavy atom. The number of amides is 2. The first-order chi connectivity index (χ1) is 7.54. The second kappa shape index (κ2) is 9.02. The van der Waals surface area contributed by atoms with Crippen molar-refractivity contribution in [2.75, 3.05) is 6.54 Å². The van der Waals surface area contributed by atoms with Crippen molar-refractivity contribution < 1.29 is 30.7 Å². The first kappa shape index (κ1) is 18.3. The number of hydrogen-bond donors (Lipinski definition) is 7. The summed E-state index contributed by atoms with van der Waals surface area (Å²) in [4.78, 5) is 20.3. The molecule has 102 valence electrons. The molecule has 0 heterocycles. The molecule has 0 fully saturated rings. The van der Waals surface area contributed by atoms with Crippen LogP contribution in [-0.4, -0.2) is 56.5 Å². The molecule has 0 radical (unpaired) electrons. The average Bonchev–Trinajstić information content (AvgIpc) is 2.08. The summed E-state index contributed by atoms with van der Waals surface area (Å²) in [5.41, 5.74) is 9.96. The number of urea groups is 1. The van der Waals surface area contributed by atoms with Crippen LogP contribution in [0, 0.1) is 0 Å². The number of carboxylic acids is 1. The molecule has 0 rings (SSSR count). The van der Waals surface area contributed by atoms with Gasteiger partial charge in [-0.05, 0) is 12.8 Å². The van der Waals surface area contributed by atoms with Gasteiger partial charge in [0.15, 0.2) is 0 Å². The van der Waals surface area contributed by atoms with E-state index in [9.17, 15) is 9.59 Å². The fourth-order valence-corrected chi connectivity index (χ4v) is 0.657. The van der Waals surface area contributed by atoms with Crippen LogP contribution in [0.1, 0.15) is 12.8 Å². The molecule has 0 unspecified atom stereocenters. The molecule has 0 saturated heterocycles. The number of carboxylic acid groups (broad SMARTS) is 1. The van der Waals surface area contributed by atoms with Crippen LogP contribution in [0.3, 0.4) is 0 Å². The molecule has 0 aliphatic rings. The molecule has 0 aromatic rings. The number of hydrogen-bond acceptors (Lipinski definition) is 4. The Morgan fingerprint density at radius 3 is 2.00 bits per heavy atom. The molecule has 0 aliphatic carbocycles. The van der Waals surface area contributed by atoms with Crippen LogP contribution in [0.2, 0.25) is 0 Å². The van der Waals surface area contributed by atoms with Gasteiger partial charge >= 0.3 is 42.5 Å². The predicted molar refractivity (Wildman–Crippen MR) is 55.5 cm³/mol. The molecule has 0 bridgehead atoms. The van der Waals surface area contributed by atoms with Crippen LogP contribution in [0.5, 0.6) is 0 Å². The molecule has 10 nitrogen and oxygen atoms in total. The minimum atomic E-state index is -5.12. The second-order valence-electron chi connectivity index (χ2n) is 2.89. The summed E-state index contributed by atoms with van der Waals surface area (Å²) in [5.74, 6) is -1.03. The van der Waals surface area contributed by atoms with E-state index < -0.39 is 32.6 Å². The van der Waals surface area contributed by atoms with Gasteiger partial charge in [-0.1, -0.05) is 0 Å². The summed E-state index contributed by atoms with van der Waals surface area (Å²) >= 11 is -5.12. The van der Waals surface area contributed by atoms with Crippen molar-refractivity contribution in [3.63, 3.8) is 0 Å². The van der Waals surface area contributed by atoms with Gasteiger partial charge in [-0.3, -0.25) is 4.79 Å². The number of rotatable bonds is 5. The number of carbonyl (C=O) groups excluding carboxylic acids is 1. The van der Waals surface area contributed by atoms with Crippen molar-refractivity contribution >= 4 is 26.5 Å². The van der Waals surface area contributed by atoms with Crippen LogP contribution < -0.4 is 16.8 Å². The maximum atomic E-state index is 10.2. The minimum absolute atomic E-state index is 0.329. The fourth-order valence-electron chi connectivity index (χ4n) is 0.657. The average molecular weight is 317 g/mol. The van der Waals surface area contributed by atoms with Gasteiger partial charge in [0.05, 0.1) is 0 Å². The van der Waals surface area contributed by atoms with E-state index >= 15 is 0 Å². The molecule has 0 spiro atoms. The maximum absolute atomic E-state index is 10.2. The van der Waals surface area contributed by atoms with Crippen molar-refractivity contribution in [1.82, 2.24) is 5.32 Å². The standard InChI is InChI=1S/C6H13N3O3.AsH3O4/c7-4(5(10)11)2-1-3-9-6(8)12;2-1(3,4)5/h4H,1-3,7H2,(H,10,11)(H3,8,9,12);(H3,2,3,4,5)/t4-;/m0./s1. The molecule has 0 saturated carbocycles. The van der Waals surface area contributed by atoms with Gasteiger partial charge in [0.25, 0.3) is 0 Å². The zero-order chi connectivity index (χ0) is 14.1. The van der Waals surface area contributed by atoms with Crippen LogP contribution in [0.15, 0.2) is 0 Å². The van der Waals surface area contributed by atoms with E-state index in [0.717, 1.165) is 0 Å². The quantitative estimate of drug-likeness (QED) is 0.202. The van der Waals surface area contributed by atoms with Crippen LogP contribution in [0.4, 0.5) is 4.79 Å². The van der Waals surface area contributed by atoms with E-state index in [2.05, 4.69) is 5.32 Å². The summed E-state index contributed by atoms with van der Waals surface area (Å²) < 4.78 is 30.7. The third-order valence-electron chi connectivity index (χ3n) is 1.31. The second-order valence-corrected chi connectivity index (χ2v) is 5.05. The summed E-state index contributed by atoms with van der Waals surface area (Å²) in [5, 5.41) is 10.7. The zero-order valence-corrected chi connectivity index (χ0v) is 10.7. The van der Waals surface area contributed by atoms with E-state index in [1.807, 2.05) is 0 Å². The molecule has 2 amide bonds. The fraction of sp³-hybridized carbons (Fsp3) is 0.667. The molecule has 11 heteroatoms. The molecule has 9 N–H and O–H groups in total. The van der Waals surface area contributed by atoms with Crippen molar-refractivity contribution in [3.05, 3.63) is 0 Å². The Hall–Kier alpha value is -1.06. The van der Waals surface area contributed by atoms with Gasteiger partial charge in [-0.2, -0.15) is 0 Å². The number of carbonyl (C=O) groups is 2. The van der Waals surface area contributed by atoms with E-state index in [1.54, 1.807) is 0 Å². The Labute approximate surface area is 100.0 Å². The van der Waals surface area contributed by atoms with Crippen molar-refractivity contribution in [2.24, 2.45) is 11.5 Å². The van der Waals surface area contributed by atoms with Gasteiger partial charge < -0.3 is 21.9 Å². The summed E-state index contributed by atoms with van der Waals surface area (Å²) in [6, 6.07) is -1.47. The van der Waals surface area contributed by atoms with Gasteiger partial charge in [-0.25, -0.2) is 4.79 Å². The molecule has 0 aliphatic heterocycles. The van der Waals surface area contributed by atoms with Crippen molar-refractivity contribution in [1.29, 1.82) is 0 Å². The van der Waals surface area contributed by atoms with Crippen LogP contribution in [0.25, 0.3) is 0 Å². The molecular formula is C6H16AsN3O7.